The Hall–Kier alpha value is -2.97. The highest BCUT2D eigenvalue weighted by atomic mass is 19.4. The first-order valence-corrected chi connectivity index (χ1v) is 10.4. The molecule has 2 heterocycles. The van der Waals surface area contributed by atoms with Crippen LogP contribution in [-0.2, 0) is 10.2 Å². The van der Waals surface area contributed by atoms with E-state index in [-0.39, 0.29) is 40.0 Å². The minimum Gasteiger partial charge on any atom is -0.368 e. The minimum atomic E-state index is -4.88. The van der Waals surface area contributed by atoms with Crippen LogP contribution in [0.25, 0.3) is 0 Å². The Morgan fingerprint density at radius 1 is 1.29 bits per heavy atom. The van der Waals surface area contributed by atoms with E-state index in [1.165, 1.54) is 12.3 Å². The first kappa shape index (κ1) is 21.3. The third kappa shape index (κ3) is 3.66. The molecule has 2 atom stereocenters. The lowest BCUT2D eigenvalue weighted by Gasteiger charge is -2.40. The van der Waals surface area contributed by atoms with E-state index in [1.807, 2.05) is 6.92 Å². The average molecular weight is 431 g/mol. The number of amides is 1. The molecule has 1 saturated carbocycles. The molecule has 4 rings (SSSR count). The smallest absolute Gasteiger partial charge is 0.368 e. The van der Waals surface area contributed by atoms with Crippen molar-refractivity contribution < 1.29 is 18.0 Å². The van der Waals surface area contributed by atoms with Gasteiger partial charge in [-0.2, -0.15) is 0 Å². The summed E-state index contributed by atoms with van der Waals surface area (Å²) in [6, 6.07) is 8.36. The zero-order chi connectivity index (χ0) is 22.2. The second-order valence-corrected chi connectivity index (χ2v) is 8.15. The number of aromatic nitrogens is 1. The lowest BCUT2D eigenvalue weighted by molar-refractivity contribution is -0.141. The number of hydrogen-bond acceptors (Lipinski definition) is 5. The number of pyridine rings is 1. The van der Waals surface area contributed by atoms with Gasteiger partial charge in [-0.15, -0.1) is 23.4 Å². The lowest BCUT2D eigenvalue weighted by atomic mass is 9.69. The topological polar surface area (TPSA) is 61.2 Å². The van der Waals surface area contributed by atoms with Crippen LogP contribution < -0.4 is 9.80 Å². The van der Waals surface area contributed by atoms with E-state index >= 15 is 0 Å². The summed E-state index contributed by atoms with van der Waals surface area (Å²) in [4.78, 5) is 17.4. The third-order valence-corrected chi connectivity index (χ3v) is 6.44. The minimum absolute atomic E-state index is 0.00247. The fourth-order valence-electron chi connectivity index (χ4n) is 4.99. The van der Waals surface area contributed by atoms with Crippen molar-refractivity contribution in [2.75, 3.05) is 16.3 Å². The van der Waals surface area contributed by atoms with Crippen LogP contribution >= 0.6 is 0 Å². The number of nitrogens with zero attached hydrogens (tertiary/aromatic N) is 5. The summed E-state index contributed by atoms with van der Waals surface area (Å²) < 4.78 is 40.9. The highest BCUT2D eigenvalue weighted by Gasteiger charge is 2.49. The summed E-state index contributed by atoms with van der Waals surface area (Å²) in [6.07, 6.45) is 0.521. The molecule has 0 spiro atoms. The molecule has 0 radical (unpaired) electrons. The summed E-state index contributed by atoms with van der Waals surface area (Å²) in [7, 11) is 0. The van der Waals surface area contributed by atoms with E-state index in [9.17, 15) is 18.0 Å². The predicted octanol–water partition coefficient (Wildman–Crippen LogP) is 6.02. The van der Waals surface area contributed by atoms with Gasteiger partial charge in [-0.25, -0.2) is 9.88 Å². The Balaban J connectivity index is 1.90. The number of hydrogen-bond donors (Lipinski definition) is 0. The zero-order valence-electron chi connectivity index (χ0n) is 17.4. The number of carbonyl (C=O) groups is 1. The Morgan fingerprint density at radius 2 is 2.10 bits per heavy atom. The van der Waals surface area contributed by atoms with Gasteiger partial charge < -0.3 is 4.90 Å². The van der Waals surface area contributed by atoms with Crippen LogP contribution in [0.5, 0.6) is 0 Å². The molecule has 164 valence electrons. The van der Waals surface area contributed by atoms with Crippen LogP contribution in [0.15, 0.2) is 46.8 Å². The van der Waals surface area contributed by atoms with Crippen molar-refractivity contribution in [3.63, 3.8) is 0 Å². The summed E-state index contributed by atoms with van der Waals surface area (Å²) in [5.41, 5.74) is 1.19. The second kappa shape index (κ2) is 7.94. The van der Waals surface area contributed by atoms with Crippen LogP contribution in [0, 0.1) is 0 Å². The highest BCUT2D eigenvalue weighted by Crippen LogP contribution is 2.55. The monoisotopic (exact) mass is 431 g/mol. The first-order chi connectivity index (χ1) is 14.8. The van der Waals surface area contributed by atoms with Crippen LogP contribution in [0.4, 0.5) is 36.1 Å². The lowest BCUT2D eigenvalue weighted by Crippen LogP contribution is -2.45. The normalized spacial score (nSPS) is 23.0. The standard InChI is InChI=1S/C22H24F3N5O/c1-3-29-17-13-18(30(14-31)22(23,24)25)16(27-28-20-9-5-7-11-26-20)12-15(17)21(2)10-6-4-8-19(21)29/h5,7,9,11-14,19H,3-4,6,8,10H2,1-2H3. The van der Waals surface area contributed by atoms with E-state index in [0.29, 0.717) is 6.54 Å². The van der Waals surface area contributed by atoms with Gasteiger partial charge in [0.2, 0.25) is 6.41 Å². The van der Waals surface area contributed by atoms with E-state index in [4.69, 9.17) is 0 Å². The van der Waals surface area contributed by atoms with Crippen LogP contribution in [0.3, 0.4) is 0 Å². The summed E-state index contributed by atoms with van der Waals surface area (Å²) in [5.74, 6) is 0.274. The summed E-state index contributed by atoms with van der Waals surface area (Å²) >= 11 is 0. The largest absolute Gasteiger partial charge is 0.491 e. The van der Waals surface area contributed by atoms with Gasteiger partial charge in [0, 0.05) is 29.9 Å². The molecule has 2 unspecified atom stereocenters. The maximum absolute atomic E-state index is 13.6. The van der Waals surface area contributed by atoms with Crippen LogP contribution in [0.1, 0.15) is 45.1 Å². The fourth-order valence-corrected chi connectivity index (χ4v) is 4.99. The van der Waals surface area contributed by atoms with Crippen molar-refractivity contribution in [2.45, 2.75) is 57.3 Å². The maximum atomic E-state index is 13.6. The molecule has 1 aliphatic carbocycles. The Kier molecular flexibility index (Phi) is 5.45. The molecule has 1 aliphatic heterocycles. The Labute approximate surface area is 178 Å². The van der Waals surface area contributed by atoms with Crippen molar-refractivity contribution in [1.29, 1.82) is 0 Å². The second-order valence-electron chi connectivity index (χ2n) is 8.15. The molecule has 0 bridgehead atoms. The van der Waals surface area contributed by atoms with Gasteiger partial charge in [0.1, 0.15) is 5.69 Å². The number of benzene rings is 1. The third-order valence-electron chi connectivity index (χ3n) is 6.44. The molecule has 1 aromatic carbocycles. The van der Waals surface area contributed by atoms with Crippen molar-refractivity contribution in [1.82, 2.24) is 4.98 Å². The first-order valence-electron chi connectivity index (χ1n) is 10.4. The molecular formula is C22H24F3N5O. The number of rotatable bonds is 5. The number of carbonyl (C=O) groups excluding carboxylic acids is 1. The van der Waals surface area contributed by atoms with E-state index in [2.05, 4.69) is 27.0 Å². The number of azo groups is 1. The Morgan fingerprint density at radius 3 is 2.74 bits per heavy atom. The molecule has 1 aromatic heterocycles. The molecule has 9 heteroatoms. The molecule has 1 amide bonds. The zero-order valence-corrected chi connectivity index (χ0v) is 17.4. The van der Waals surface area contributed by atoms with Crippen LogP contribution in [0.2, 0.25) is 0 Å². The quantitative estimate of drug-likeness (QED) is 0.330. The average Bonchev–Trinajstić information content (AvgIpc) is 2.99. The molecule has 1 fully saturated rings. The molecule has 2 aromatic rings. The predicted molar refractivity (Wildman–Crippen MR) is 112 cm³/mol. The molecule has 0 saturated heterocycles. The molecule has 2 aliphatic rings. The van der Waals surface area contributed by atoms with Gasteiger partial charge in [-0.05, 0) is 49.6 Å². The van der Waals surface area contributed by atoms with E-state index < -0.39 is 6.30 Å². The molecule has 0 N–H and O–H groups in total. The molecule has 6 nitrogen and oxygen atoms in total. The summed E-state index contributed by atoms with van der Waals surface area (Å²) in [5, 5.41) is 8.12. The number of likely N-dealkylation sites (N-methyl/N-ethyl adjacent to an activating group) is 1. The van der Waals surface area contributed by atoms with E-state index in [1.54, 1.807) is 24.3 Å². The number of anilines is 2. The van der Waals surface area contributed by atoms with Gasteiger partial charge in [0.15, 0.2) is 5.82 Å². The molecule has 31 heavy (non-hydrogen) atoms. The van der Waals surface area contributed by atoms with Crippen molar-refractivity contribution in [2.24, 2.45) is 10.2 Å². The van der Waals surface area contributed by atoms with Gasteiger partial charge >= 0.3 is 6.30 Å². The van der Waals surface area contributed by atoms with Crippen LogP contribution in [-0.4, -0.2) is 30.3 Å². The van der Waals surface area contributed by atoms with E-state index in [0.717, 1.165) is 36.9 Å². The van der Waals surface area contributed by atoms with Gasteiger partial charge in [-0.1, -0.05) is 25.8 Å². The number of alkyl halides is 3. The fraction of sp³-hybridized carbons (Fsp3) is 0.455. The number of halogens is 3. The maximum Gasteiger partial charge on any atom is 0.491 e. The van der Waals surface area contributed by atoms with Crippen molar-refractivity contribution in [3.8, 4) is 0 Å². The Bertz CT molecular complexity index is 995. The van der Waals surface area contributed by atoms with Gasteiger partial charge in [-0.3, -0.25) is 4.79 Å². The number of fused-ring (bicyclic) bond motifs is 3. The van der Waals surface area contributed by atoms with Gasteiger partial charge in [0.05, 0.1) is 5.69 Å². The highest BCUT2D eigenvalue weighted by molar-refractivity contribution is 5.87. The van der Waals surface area contributed by atoms with Crippen molar-refractivity contribution in [3.05, 3.63) is 42.1 Å². The van der Waals surface area contributed by atoms with Gasteiger partial charge in [0.25, 0.3) is 0 Å². The molecular weight excluding hydrogens is 407 g/mol. The SMILES string of the molecule is CCN1c2cc(N(C=O)C(F)(F)F)c(N=Nc3ccccn3)cc2C2(C)CCCCC12. The van der Waals surface area contributed by atoms with Crippen molar-refractivity contribution >= 4 is 29.3 Å². The summed E-state index contributed by atoms with van der Waals surface area (Å²) in [6.45, 7) is 4.85.